The summed E-state index contributed by atoms with van der Waals surface area (Å²) in [7, 11) is 0. The van der Waals surface area contributed by atoms with Crippen LogP contribution in [0.3, 0.4) is 0 Å². The molecule has 2 atom stereocenters. The molecule has 0 aliphatic heterocycles. The third-order valence-corrected chi connectivity index (χ3v) is 2.92. The standard InChI is InChI=1S/C14H16N2O8/c17-11(18)5-9(13(21)22)15-7-1-2-8(4-3-7)16-10(14(23)24)6-12(19)20/h1-4,9-10,15-16H,5-6H2,(H,17,18)(H,19,20)(H,21,22)(H,23,24)/t9-,10-/m0/s1. The molecule has 1 rings (SSSR count). The van der Waals surface area contributed by atoms with Gasteiger partial charge in [0.25, 0.3) is 0 Å². The number of carbonyl (C=O) groups is 4. The molecule has 1 aromatic carbocycles. The molecule has 10 nitrogen and oxygen atoms in total. The first-order chi connectivity index (χ1) is 11.2. The average Bonchev–Trinajstić information content (AvgIpc) is 2.46. The highest BCUT2D eigenvalue weighted by Gasteiger charge is 2.22. The van der Waals surface area contributed by atoms with E-state index < -0.39 is 48.8 Å². The van der Waals surface area contributed by atoms with Gasteiger partial charge < -0.3 is 31.1 Å². The molecule has 0 spiro atoms. The number of hydrogen-bond donors (Lipinski definition) is 6. The Morgan fingerprint density at radius 3 is 1.21 bits per heavy atom. The lowest BCUT2D eigenvalue weighted by atomic mass is 10.1. The number of rotatable bonds is 10. The Kier molecular flexibility index (Phi) is 6.53. The largest absolute Gasteiger partial charge is 0.481 e. The van der Waals surface area contributed by atoms with Crippen molar-refractivity contribution in [3.63, 3.8) is 0 Å². The highest BCUT2D eigenvalue weighted by molar-refractivity contribution is 5.84. The Labute approximate surface area is 135 Å². The maximum atomic E-state index is 11.0. The molecule has 6 N–H and O–H groups in total. The van der Waals surface area contributed by atoms with E-state index in [1.54, 1.807) is 0 Å². The van der Waals surface area contributed by atoms with Crippen LogP contribution in [0.4, 0.5) is 11.4 Å². The molecule has 0 bridgehead atoms. The Bertz CT molecular complexity index is 573. The molecule has 10 heteroatoms. The van der Waals surface area contributed by atoms with E-state index in [0.717, 1.165) is 0 Å². The van der Waals surface area contributed by atoms with Gasteiger partial charge in [-0.2, -0.15) is 0 Å². The molecule has 1 aromatic rings. The van der Waals surface area contributed by atoms with Gasteiger partial charge in [-0.1, -0.05) is 0 Å². The van der Waals surface area contributed by atoms with Crippen LogP contribution in [0.15, 0.2) is 24.3 Å². The van der Waals surface area contributed by atoms with E-state index in [9.17, 15) is 19.2 Å². The third kappa shape index (κ3) is 6.22. The number of carboxylic acids is 4. The topological polar surface area (TPSA) is 173 Å². The van der Waals surface area contributed by atoms with Crippen LogP contribution >= 0.6 is 0 Å². The maximum absolute atomic E-state index is 11.0. The van der Waals surface area contributed by atoms with Crippen molar-refractivity contribution < 1.29 is 39.6 Å². The van der Waals surface area contributed by atoms with Crippen LogP contribution in [0, 0.1) is 0 Å². The van der Waals surface area contributed by atoms with Crippen molar-refractivity contribution in [3.05, 3.63) is 24.3 Å². The Morgan fingerprint density at radius 1 is 0.708 bits per heavy atom. The predicted molar refractivity (Wildman–Crippen MR) is 81.0 cm³/mol. The van der Waals surface area contributed by atoms with E-state index in [4.69, 9.17) is 20.4 Å². The number of anilines is 2. The second kappa shape index (κ2) is 8.36. The summed E-state index contributed by atoms with van der Waals surface area (Å²) in [6, 6.07) is 3.03. The fraction of sp³-hybridized carbons (Fsp3) is 0.286. The van der Waals surface area contributed by atoms with Crippen molar-refractivity contribution in [2.24, 2.45) is 0 Å². The second-order valence-corrected chi connectivity index (χ2v) is 4.84. The molecule has 0 aliphatic rings. The number of benzene rings is 1. The third-order valence-electron chi connectivity index (χ3n) is 2.92. The fourth-order valence-corrected chi connectivity index (χ4v) is 1.81. The van der Waals surface area contributed by atoms with E-state index in [-0.39, 0.29) is 0 Å². The van der Waals surface area contributed by atoms with E-state index in [0.29, 0.717) is 11.4 Å². The van der Waals surface area contributed by atoms with Gasteiger partial charge in [0.1, 0.15) is 12.1 Å². The van der Waals surface area contributed by atoms with Gasteiger partial charge in [-0.15, -0.1) is 0 Å². The first-order valence-corrected chi connectivity index (χ1v) is 6.71. The molecular weight excluding hydrogens is 324 g/mol. The molecule has 0 aromatic heterocycles. The molecule has 0 heterocycles. The van der Waals surface area contributed by atoms with Crippen molar-refractivity contribution in [2.75, 3.05) is 10.6 Å². The quantitative estimate of drug-likeness (QED) is 0.349. The van der Waals surface area contributed by atoms with Gasteiger partial charge in [-0.3, -0.25) is 9.59 Å². The second-order valence-electron chi connectivity index (χ2n) is 4.84. The number of hydrogen-bond acceptors (Lipinski definition) is 6. The summed E-state index contributed by atoms with van der Waals surface area (Å²) in [6.45, 7) is 0. The zero-order valence-corrected chi connectivity index (χ0v) is 12.3. The van der Waals surface area contributed by atoms with Gasteiger partial charge in [0.2, 0.25) is 0 Å². The maximum Gasteiger partial charge on any atom is 0.326 e. The van der Waals surface area contributed by atoms with E-state index in [1.807, 2.05) is 0 Å². The highest BCUT2D eigenvalue weighted by Crippen LogP contribution is 2.17. The summed E-state index contributed by atoms with van der Waals surface area (Å²) in [5.41, 5.74) is 0.638. The summed E-state index contributed by atoms with van der Waals surface area (Å²) in [6.07, 6.45) is -1.23. The molecule has 24 heavy (non-hydrogen) atoms. The zero-order valence-electron chi connectivity index (χ0n) is 12.3. The van der Waals surface area contributed by atoms with Crippen LogP contribution in [-0.4, -0.2) is 56.4 Å². The van der Waals surface area contributed by atoms with Crippen LogP contribution in [0.25, 0.3) is 0 Å². The highest BCUT2D eigenvalue weighted by atomic mass is 16.4. The summed E-state index contributed by atoms with van der Waals surface area (Å²) in [5, 5.41) is 40.3. The molecule has 0 saturated carbocycles. The van der Waals surface area contributed by atoms with Crippen LogP contribution in [0.5, 0.6) is 0 Å². The molecule has 0 aliphatic carbocycles. The molecule has 0 unspecified atom stereocenters. The molecule has 0 saturated heterocycles. The van der Waals surface area contributed by atoms with E-state index >= 15 is 0 Å². The van der Waals surface area contributed by atoms with Crippen molar-refractivity contribution >= 4 is 35.3 Å². The predicted octanol–water partition coefficient (Wildman–Crippen LogP) is 0.366. The number of aliphatic carboxylic acids is 4. The number of carboxylic acid groups (broad SMARTS) is 4. The molecular formula is C14H16N2O8. The summed E-state index contributed by atoms with van der Waals surface area (Å²) in [4.78, 5) is 43.2. The van der Waals surface area contributed by atoms with Gasteiger partial charge in [-0.05, 0) is 24.3 Å². The van der Waals surface area contributed by atoms with Crippen molar-refractivity contribution in [1.29, 1.82) is 0 Å². The lowest BCUT2D eigenvalue weighted by Gasteiger charge is -2.16. The first kappa shape index (κ1) is 18.7. The minimum atomic E-state index is -1.33. The Morgan fingerprint density at radius 2 is 1.00 bits per heavy atom. The van der Waals surface area contributed by atoms with Crippen molar-refractivity contribution in [3.8, 4) is 0 Å². The van der Waals surface area contributed by atoms with Gasteiger partial charge in [0.15, 0.2) is 0 Å². The summed E-state index contributed by atoms with van der Waals surface area (Å²) >= 11 is 0. The summed E-state index contributed by atoms with van der Waals surface area (Å²) < 4.78 is 0. The molecule has 0 radical (unpaired) electrons. The van der Waals surface area contributed by atoms with E-state index in [1.165, 1.54) is 24.3 Å². The van der Waals surface area contributed by atoms with Crippen molar-refractivity contribution in [2.45, 2.75) is 24.9 Å². The van der Waals surface area contributed by atoms with Crippen molar-refractivity contribution in [1.82, 2.24) is 0 Å². The van der Waals surface area contributed by atoms with Gasteiger partial charge in [0, 0.05) is 11.4 Å². The number of nitrogens with one attached hydrogen (secondary N) is 2. The zero-order chi connectivity index (χ0) is 18.3. The van der Waals surface area contributed by atoms with Crippen LogP contribution in [0.1, 0.15) is 12.8 Å². The summed E-state index contributed by atoms with van der Waals surface area (Å²) in [5.74, 6) is -5.20. The van der Waals surface area contributed by atoms with Crippen LogP contribution < -0.4 is 10.6 Å². The minimum Gasteiger partial charge on any atom is -0.481 e. The molecule has 0 amide bonds. The monoisotopic (exact) mass is 340 g/mol. The van der Waals surface area contributed by atoms with Gasteiger partial charge in [0.05, 0.1) is 12.8 Å². The lowest BCUT2D eigenvalue weighted by Crippen LogP contribution is -2.32. The van der Waals surface area contributed by atoms with Gasteiger partial charge in [-0.25, -0.2) is 9.59 Å². The Balaban J connectivity index is 2.77. The first-order valence-electron chi connectivity index (χ1n) is 6.71. The molecule has 130 valence electrons. The lowest BCUT2D eigenvalue weighted by molar-refractivity contribution is -0.144. The SMILES string of the molecule is O=C(O)C[C@H](Nc1ccc(N[C@@H](CC(=O)O)C(=O)O)cc1)C(=O)O. The average molecular weight is 340 g/mol. The fourth-order valence-electron chi connectivity index (χ4n) is 1.81. The smallest absolute Gasteiger partial charge is 0.326 e. The normalized spacial score (nSPS) is 12.7. The van der Waals surface area contributed by atoms with Gasteiger partial charge >= 0.3 is 23.9 Å². The Hall–Kier alpha value is -3.30. The van der Waals surface area contributed by atoms with Crippen LogP contribution in [-0.2, 0) is 19.2 Å². The van der Waals surface area contributed by atoms with Crippen LogP contribution in [0.2, 0.25) is 0 Å². The molecule has 0 fully saturated rings. The van der Waals surface area contributed by atoms with E-state index in [2.05, 4.69) is 10.6 Å². The minimum absolute atomic E-state index is 0.319.